The van der Waals surface area contributed by atoms with Crippen molar-refractivity contribution in [3.05, 3.63) is 40.2 Å². The lowest BCUT2D eigenvalue weighted by molar-refractivity contribution is -0.114. The van der Waals surface area contributed by atoms with Gasteiger partial charge in [0.05, 0.1) is 0 Å². The lowest BCUT2D eigenvalue weighted by Crippen LogP contribution is -2.05. The minimum absolute atomic E-state index is 0.0728. The maximum absolute atomic E-state index is 10.9. The number of hydrogen-bond acceptors (Lipinski definition) is 4. The smallest absolute Gasteiger partial charge is 0.221 e. The molecule has 0 aliphatic carbocycles. The van der Waals surface area contributed by atoms with Crippen molar-refractivity contribution in [1.29, 1.82) is 0 Å². The fourth-order valence-electron chi connectivity index (χ4n) is 1.27. The van der Waals surface area contributed by atoms with E-state index in [1.807, 2.05) is 24.3 Å². The first-order valence-electron chi connectivity index (χ1n) is 5.16. The van der Waals surface area contributed by atoms with E-state index < -0.39 is 0 Å². The van der Waals surface area contributed by atoms with Crippen molar-refractivity contribution >= 4 is 45.9 Å². The Labute approximate surface area is 123 Å². The minimum atomic E-state index is -0.0728. The normalized spacial score (nSPS) is 10.1. The average molecular weight is 371 g/mol. The predicted octanol–water partition coefficient (Wildman–Crippen LogP) is 3.19. The molecule has 2 rings (SSSR count). The first-order chi connectivity index (χ1) is 8.63. The maximum Gasteiger partial charge on any atom is 0.221 e. The van der Waals surface area contributed by atoms with Gasteiger partial charge in [0.1, 0.15) is 0 Å². The zero-order valence-electron chi connectivity index (χ0n) is 9.55. The Balaban J connectivity index is 2.06. The highest BCUT2D eigenvalue weighted by molar-refractivity contribution is 14.1. The molecule has 18 heavy (non-hydrogen) atoms. The van der Waals surface area contributed by atoms with Crippen LogP contribution in [0.2, 0.25) is 0 Å². The number of amides is 1. The number of anilines is 1. The van der Waals surface area contributed by atoms with E-state index in [4.69, 9.17) is 0 Å². The van der Waals surface area contributed by atoms with Gasteiger partial charge in [-0.15, -0.1) is 0 Å². The van der Waals surface area contributed by atoms with Gasteiger partial charge in [-0.05, 0) is 58.6 Å². The molecule has 0 aliphatic rings. The molecule has 0 fully saturated rings. The van der Waals surface area contributed by atoms with Crippen LogP contribution in [0.5, 0.6) is 0 Å². The molecule has 0 saturated carbocycles. The fraction of sp³-hybridized carbons (Fsp3) is 0.0833. The van der Waals surface area contributed by atoms with Gasteiger partial charge in [0.15, 0.2) is 5.16 Å². The lowest BCUT2D eigenvalue weighted by Gasteiger charge is -2.03. The molecule has 6 heteroatoms. The predicted molar refractivity (Wildman–Crippen MR) is 79.6 cm³/mol. The third-order valence-electron chi connectivity index (χ3n) is 1.98. The van der Waals surface area contributed by atoms with E-state index >= 15 is 0 Å². The highest BCUT2D eigenvalue weighted by Crippen LogP contribution is 2.25. The number of nitrogens with zero attached hydrogens (tertiary/aromatic N) is 2. The van der Waals surface area contributed by atoms with Crippen molar-refractivity contribution in [2.24, 2.45) is 0 Å². The number of benzene rings is 1. The summed E-state index contributed by atoms with van der Waals surface area (Å²) in [5, 5.41) is 3.43. The van der Waals surface area contributed by atoms with Gasteiger partial charge < -0.3 is 5.32 Å². The molecule has 1 N–H and O–H groups in total. The lowest BCUT2D eigenvalue weighted by atomic mass is 10.3. The molecular formula is C12H10IN3OS. The number of rotatable bonds is 3. The number of carbonyl (C=O) groups is 1. The molecule has 0 radical (unpaired) electrons. The van der Waals surface area contributed by atoms with Gasteiger partial charge in [0.25, 0.3) is 0 Å². The Hall–Kier alpha value is -1.15. The summed E-state index contributed by atoms with van der Waals surface area (Å²) < 4.78 is 1.01. The average Bonchev–Trinajstić information content (AvgIpc) is 2.34. The third-order valence-corrected chi connectivity index (χ3v) is 3.44. The molecule has 92 valence electrons. The van der Waals surface area contributed by atoms with Gasteiger partial charge in [0.2, 0.25) is 5.91 Å². The van der Waals surface area contributed by atoms with E-state index in [-0.39, 0.29) is 5.91 Å². The van der Waals surface area contributed by atoms with Crippen LogP contribution in [-0.2, 0) is 4.79 Å². The summed E-state index contributed by atoms with van der Waals surface area (Å²) in [6.45, 7) is 1.49. The first kappa shape index (κ1) is 13.3. The Morgan fingerprint density at radius 2 is 1.83 bits per heavy atom. The van der Waals surface area contributed by atoms with E-state index in [1.165, 1.54) is 18.7 Å². The minimum Gasteiger partial charge on any atom is -0.326 e. The summed E-state index contributed by atoms with van der Waals surface area (Å²) in [6.07, 6.45) is 3.56. The first-order valence-corrected chi connectivity index (χ1v) is 7.06. The van der Waals surface area contributed by atoms with Crippen LogP contribution in [0.3, 0.4) is 0 Å². The van der Waals surface area contributed by atoms with E-state index in [9.17, 15) is 4.79 Å². The fourth-order valence-corrected chi connectivity index (χ4v) is 2.24. The van der Waals surface area contributed by atoms with E-state index in [0.717, 1.165) is 14.2 Å². The molecule has 4 nitrogen and oxygen atoms in total. The van der Waals surface area contributed by atoms with Crippen LogP contribution in [0.1, 0.15) is 6.92 Å². The van der Waals surface area contributed by atoms with Crippen molar-refractivity contribution in [2.75, 3.05) is 5.32 Å². The Morgan fingerprint density at radius 1 is 1.22 bits per heavy atom. The van der Waals surface area contributed by atoms with Crippen LogP contribution in [0.25, 0.3) is 0 Å². The molecule has 1 aromatic carbocycles. The van der Waals surface area contributed by atoms with Gasteiger partial charge in [-0.25, -0.2) is 9.97 Å². The second-order valence-corrected chi connectivity index (χ2v) is 5.78. The number of aromatic nitrogens is 2. The van der Waals surface area contributed by atoms with Gasteiger partial charge in [0, 0.05) is 33.5 Å². The van der Waals surface area contributed by atoms with E-state index in [0.29, 0.717) is 5.16 Å². The van der Waals surface area contributed by atoms with Gasteiger partial charge >= 0.3 is 0 Å². The van der Waals surface area contributed by atoms with E-state index in [1.54, 1.807) is 12.4 Å². The number of halogens is 1. The highest BCUT2D eigenvalue weighted by Gasteiger charge is 2.01. The molecule has 1 heterocycles. The van der Waals surface area contributed by atoms with Crippen LogP contribution in [0, 0.1) is 3.57 Å². The molecule has 0 unspecified atom stereocenters. The standard InChI is InChI=1S/C12H10IN3OS/c1-8(17)16-10-2-4-11(5-3-10)18-12-14-6-9(13)7-15-12/h2-7H,1H3,(H,16,17). The molecule has 0 spiro atoms. The summed E-state index contributed by atoms with van der Waals surface area (Å²) in [5.74, 6) is -0.0728. The molecule has 0 atom stereocenters. The Morgan fingerprint density at radius 3 is 2.39 bits per heavy atom. The molecule has 0 bridgehead atoms. The van der Waals surface area contributed by atoms with Crippen LogP contribution in [0.4, 0.5) is 5.69 Å². The van der Waals surface area contributed by atoms with Crippen LogP contribution in [-0.4, -0.2) is 15.9 Å². The molecule has 0 saturated heterocycles. The van der Waals surface area contributed by atoms with Gasteiger partial charge in [-0.3, -0.25) is 4.79 Å². The van der Waals surface area contributed by atoms with Crippen LogP contribution in [0.15, 0.2) is 46.7 Å². The topological polar surface area (TPSA) is 54.9 Å². The molecular weight excluding hydrogens is 361 g/mol. The molecule has 2 aromatic rings. The summed E-state index contributed by atoms with van der Waals surface area (Å²) in [7, 11) is 0. The molecule has 0 aliphatic heterocycles. The summed E-state index contributed by atoms with van der Waals surface area (Å²) in [4.78, 5) is 20.4. The zero-order valence-corrected chi connectivity index (χ0v) is 12.5. The van der Waals surface area contributed by atoms with Gasteiger partial charge in [-0.1, -0.05) is 0 Å². The molecule has 1 amide bonds. The van der Waals surface area contributed by atoms with Crippen molar-refractivity contribution < 1.29 is 4.79 Å². The Kier molecular flexibility index (Phi) is 4.54. The highest BCUT2D eigenvalue weighted by atomic mass is 127. The molecule has 1 aromatic heterocycles. The summed E-state index contributed by atoms with van der Waals surface area (Å²) in [5.41, 5.74) is 0.787. The zero-order chi connectivity index (χ0) is 13.0. The summed E-state index contributed by atoms with van der Waals surface area (Å²) >= 11 is 3.65. The number of nitrogens with one attached hydrogen (secondary N) is 1. The quantitative estimate of drug-likeness (QED) is 0.665. The van der Waals surface area contributed by atoms with Crippen LogP contribution < -0.4 is 5.32 Å². The van der Waals surface area contributed by atoms with E-state index in [2.05, 4.69) is 37.9 Å². The third kappa shape index (κ3) is 3.95. The largest absolute Gasteiger partial charge is 0.326 e. The van der Waals surface area contributed by atoms with Crippen molar-refractivity contribution in [1.82, 2.24) is 9.97 Å². The summed E-state index contributed by atoms with van der Waals surface area (Å²) in [6, 6.07) is 7.57. The van der Waals surface area contributed by atoms with Crippen molar-refractivity contribution in [3.8, 4) is 0 Å². The number of carbonyl (C=O) groups excluding carboxylic acids is 1. The van der Waals surface area contributed by atoms with Gasteiger partial charge in [-0.2, -0.15) is 0 Å². The SMILES string of the molecule is CC(=O)Nc1ccc(Sc2ncc(I)cn2)cc1. The maximum atomic E-state index is 10.9. The van der Waals surface area contributed by atoms with Crippen molar-refractivity contribution in [2.45, 2.75) is 17.0 Å². The monoisotopic (exact) mass is 371 g/mol. The Bertz CT molecular complexity index is 542. The van der Waals surface area contributed by atoms with Crippen LogP contribution >= 0.6 is 34.4 Å². The van der Waals surface area contributed by atoms with Crippen molar-refractivity contribution in [3.63, 3.8) is 0 Å². The second kappa shape index (κ2) is 6.14. The number of hydrogen-bond donors (Lipinski definition) is 1. The second-order valence-electron chi connectivity index (χ2n) is 3.49.